The van der Waals surface area contributed by atoms with E-state index in [0.717, 1.165) is 11.1 Å². The molecule has 108 valence electrons. The third-order valence-corrected chi connectivity index (χ3v) is 2.79. The van der Waals surface area contributed by atoms with Crippen LogP contribution in [-0.4, -0.2) is 22.6 Å². The lowest BCUT2D eigenvalue weighted by Crippen LogP contribution is -2.12. The number of amides is 1. The maximum atomic E-state index is 12.1. The Morgan fingerprint density at radius 1 is 1.43 bits per heavy atom. The summed E-state index contributed by atoms with van der Waals surface area (Å²) in [7, 11) is 0. The van der Waals surface area contributed by atoms with E-state index >= 15 is 0 Å². The van der Waals surface area contributed by atoms with Crippen molar-refractivity contribution in [3.63, 3.8) is 0 Å². The van der Waals surface area contributed by atoms with Crippen LogP contribution in [0.1, 0.15) is 33.6 Å². The highest BCUT2D eigenvalue weighted by atomic mass is 16.4. The van der Waals surface area contributed by atoms with Crippen molar-refractivity contribution in [1.29, 1.82) is 0 Å². The zero-order valence-electron chi connectivity index (χ0n) is 11.9. The minimum absolute atomic E-state index is 0.0438. The third-order valence-electron chi connectivity index (χ3n) is 2.79. The monoisotopic (exact) mass is 284 g/mol. The fourth-order valence-corrected chi connectivity index (χ4v) is 1.74. The normalized spacial score (nSPS) is 9.86. The molecule has 0 aliphatic carbocycles. The number of nitrogens with one attached hydrogen (secondary N) is 1. The number of oxazole rings is 1. The van der Waals surface area contributed by atoms with E-state index in [4.69, 9.17) is 9.52 Å². The standard InChI is InChI=1S/C16H16N2O3/c1-11-9-14(7-6-13(11)5-3-4-8-19)15(20)18-16-17-12(2)10-21-16/h6-7,9-10,19H,4,8H2,1-2H3,(H,17,18,20). The van der Waals surface area contributed by atoms with Crippen molar-refractivity contribution in [2.24, 2.45) is 0 Å². The van der Waals surface area contributed by atoms with Gasteiger partial charge >= 0.3 is 6.01 Å². The van der Waals surface area contributed by atoms with Crippen molar-refractivity contribution in [3.05, 3.63) is 46.8 Å². The molecule has 5 nitrogen and oxygen atoms in total. The summed E-state index contributed by atoms with van der Waals surface area (Å²) in [5.74, 6) is 5.54. The van der Waals surface area contributed by atoms with E-state index in [2.05, 4.69) is 22.1 Å². The maximum absolute atomic E-state index is 12.1. The van der Waals surface area contributed by atoms with Crippen molar-refractivity contribution < 1.29 is 14.3 Å². The SMILES string of the molecule is Cc1coc(NC(=O)c2ccc(C#CCCO)c(C)c2)n1. The van der Waals surface area contributed by atoms with E-state index in [1.165, 1.54) is 6.26 Å². The number of aromatic nitrogens is 1. The lowest BCUT2D eigenvalue weighted by molar-refractivity contribution is 0.102. The fourth-order valence-electron chi connectivity index (χ4n) is 1.74. The number of aryl methyl sites for hydroxylation is 2. The molecular weight excluding hydrogens is 268 g/mol. The molecule has 0 radical (unpaired) electrons. The van der Waals surface area contributed by atoms with E-state index in [1.54, 1.807) is 25.1 Å². The molecule has 1 aromatic carbocycles. The smallest absolute Gasteiger partial charge is 0.301 e. The molecule has 0 aliphatic rings. The number of benzene rings is 1. The lowest BCUT2D eigenvalue weighted by atomic mass is 10.0. The van der Waals surface area contributed by atoms with Gasteiger partial charge in [0.15, 0.2) is 0 Å². The molecule has 0 atom stereocenters. The first-order chi connectivity index (χ1) is 10.1. The van der Waals surface area contributed by atoms with Gasteiger partial charge in [0.05, 0.1) is 12.3 Å². The predicted octanol–water partition coefficient (Wildman–Crippen LogP) is 2.28. The molecule has 0 fully saturated rings. The van der Waals surface area contributed by atoms with Gasteiger partial charge < -0.3 is 9.52 Å². The quantitative estimate of drug-likeness (QED) is 0.848. The Balaban J connectivity index is 2.12. The third kappa shape index (κ3) is 3.94. The van der Waals surface area contributed by atoms with Gasteiger partial charge in [0.1, 0.15) is 6.26 Å². The predicted molar refractivity (Wildman–Crippen MR) is 79.0 cm³/mol. The number of carbonyl (C=O) groups is 1. The molecule has 2 N–H and O–H groups in total. The molecule has 2 rings (SSSR count). The molecule has 2 aromatic rings. The van der Waals surface area contributed by atoms with Crippen molar-refractivity contribution in [2.75, 3.05) is 11.9 Å². The Morgan fingerprint density at radius 3 is 2.86 bits per heavy atom. The van der Waals surface area contributed by atoms with Crippen molar-refractivity contribution >= 4 is 11.9 Å². The molecule has 21 heavy (non-hydrogen) atoms. The molecule has 0 bridgehead atoms. The first-order valence-electron chi connectivity index (χ1n) is 6.54. The van der Waals surface area contributed by atoms with Crippen LogP contribution in [0.3, 0.4) is 0 Å². The number of carbonyl (C=O) groups excluding carboxylic acids is 1. The average molecular weight is 284 g/mol. The van der Waals surface area contributed by atoms with E-state index in [0.29, 0.717) is 17.7 Å². The average Bonchev–Trinajstić information content (AvgIpc) is 2.86. The van der Waals surface area contributed by atoms with Crippen LogP contribution in [0.4, 0.5) is 6.01 Å². The number of hydrogen-bond donors (Lipinski definition) is 2. The van der Waals surface area contributed by atoms with E-state index in [-0.39, 0.29) is 18.5 Å². The Labute approximate surface area is 123 Å². The van der Waals surface area contributed by atoms with Crippen LogP contribution in [0.2, 0.25) is 0 Å². The molecule has 1 heterocycles. The number of aliphatic hydroxyl groups is 1. The summed E-state index contributed by atoms with van der Waals surface area (Å²) in [4.78, 5) is 16.1. The number of anilines is 1. The number of nitrogens with zero attached hydrogens (tertiary/aromatic N) is 1. The highest BCUT2D eigenvalue weighted by molar-refractivity contribution is 6.03. The second kappa shape index (κ2) is 6.73. The summed E-state index contributed by atoms with van der Waals surface area (Å²) in [5, 5.41) is 11.3. The number of aliphatic hydroxyl groups excluding tert-OH is 1. The van der Waals surface area contributed by atoms with Crippen LogP contribution < -0.4 is 5.32 Å². The Morgan fingerprint density at radius 2 is 2.24 bits per heavy atom. The van der Waals surface area contributed by atoms with Crippen LogP contribution in [0.15, 0.2) is 28.9 Å². The van der Waals surface area contributed by atoms with Crippen LogP contribution in [0.5, 0.6) is 0 Å². The minimum atomic E-state index is -0.283. The van der Waals surface area contributed by atoms with Gasteiger partial charge in [0.25, 0.3) is 5.91 Å². The summed E-state index contributed by atoms with van der Waals surface area (Å²) >= 11 is 0. The van der Waals surface area contributed by atoms with Gasteiger partial charge in [-0.05, 0) is 37.6 Å². The van der Waals surface area contributed by atoms with Crippen LogP contribution in [-0.2, 0) is 0 Å². The van der Waals surface area contributed by atoms with Gasteiger partial charge in [0.2, 0.25) is 0 Å². The minimum Gasteiger partial charge on any atom is -0.432 e. The molecule has 0 saturated carbocycles. The highest BCUT2D eigenvalue weighted by Gasteiger charge is 2.10. The maximum Gasteiger partial charge on any atom is 0.301 e. The first kappa shape index (κ1) is 14.8. The Bertz CT molecular complexity index is 708. The van der Waals surface area contributed by atoms with E-state index in [9.17, 15) is 4.79 Å². The largest absolute Gasteiger partial charge is 0.432 e. The molecule has 0 saturated heterocycles. The lowest BCUT2D eigenvalue weighted by Gasteiger charge is -2.04. The van der Waals surface area contributed by atoms with Crippen LogP contribution in [0.25, 0.3) is 0 Å². The molecule has 5 heteroatoms. The van der Waals surface area contributed by atoms with E-state index < -0.39 is 0 Å². The van der Waals surface area contributed by atoms with Gasteiger partial charge in [-0.1, -0.05) is 11.8 Å². The van der Waals surface area contributed by atoms with Gasteiger partial charge in [-0.25, -0.2) is 0 Å². The van der Waals surface area contributed by atoms with Gasteiger partial charge in [-0.15, -0.1) is 0 Å². The summed E-state index contributed by atoms with van der Waals surface area (Å²) in [6.07, 6.45) is 1.91. The number of rotatable bonds is 3. The topological polar surface area (TPSA) is 75.4 Å². The first-order valence-corrected chi connectivity index (χ1v) is 6.54. The molecule has 0 aliphatic heterocycles. The van der Waals surface area contributed by atoms with Gasteiger partial charge in [0, 0.05) is 17.5 Å². The van der Waals surface area contributed by atoms with Crippen LogP contribution >= 0.6 is 0 Å². The molecule has 1 amide bonds. The van der Waals surface area contributed by atoms with E-state index in [1.807, 2.05) is 6.92 Å². The second-order valence-corrected chi connectivity index (χ2v) is 4.55. The highest BCUT2D eigenvalue weighted by Crippen LogP contribution is 2.13. The van der Waals surface area contributed by atoms with Crippen molar-refractivity contribution in [3.8, 4) is 11.8 Å². The summed E-state index contributed by atoms with van der Waals surface area (Å²) in [6.45, 7) is 3.71. The number of hydrogen-bond acceptors (Lipinski definition) is 4. The van der Waals surface area contributed by atoms with Gasteiger partial charge in [-0.2, -0.15) is 4.98 Å². The zero-order chi connectivity index (χ0) is 15.2. The van der Waals surface area contributed by atoms with Crippen molar-refractivity contribution in [2.45, 2.75) is 20.3 Å². The zero-order valence-corrected chi connectivity index (χ0v) is 11.9. The van der Waals surface area contributed by atoms with Gasteiger partial charge in [-0.3, -0.25) is 10.1 Å². The van der Waals surface area contributed by atoms with Crippen molar-refractivity contribution in [1.82, 2.24) is 4.98 Å². The second-order valence-electron chi connectivity index (χ2n) is 4.55. The molecular formula is C16H16N2O3. The Kier molecular flexibility index (Phi) is 4.75. The molecule has 0 spiro atoms. The summed E-state index contributed by atoms with van der Waals surface area (Å²) < 4.78 is 5.09. The summed E-state index contributed by atoms with van der Waals surface area (Å²) in [5.41, 5.74) is 2.95. The fraction of sp³-hybridized carbons (Fsp3) is 0.250. The van der Waals surface area contributed by atoms with Crippen LogP contribution in [0, 0.1) is 25.7 Å². The molecule has 1 aromatic heterocycles. The molecule has 0 unspecified atom stereocenters. The summed E-state index contributed by atoms with van der Waals surface area (Å²) in [6, 6.07) is 5.42. The Hall–Kier alpha value is -2.58.